The lowest BCUT2D eigenvalue weighted by Crippen LogP contribution is -2.31. The third-order valence-corrected chi connectivity index (χ3v) is 8.43. The molecule has 1 aromatic rings. The molecular weight excluding hydrogens is 344 g/mol. The molecule has 6 heteroatoms. The zero-order valence-corrected chi connectivity index (χ0v) is 13.4. The van der Waals surface area contributed by atoms with Gasteiger partial charge in [0.25, 0.3) is 0 Å². The summed E-state index contributed by atoms with van der Waals surface area (Å²) < 4.78 is 25.0. The molecule has 2 unspecified atom stereocenters. The van der Waals surface area contributed by atoms with Gasteiger partial charge in [0.05, 0.1) is 20.2 Å². The fourth-order valence-corrected chi connectivity index (χ4v) is 6.55. The van der Waals surface area contributed by atoms with E-state index < -0.39 is 20.5 Å². The van der Waals surface area contributed by atoms with Crippen molar-refractivity contribution in [1.82, 2.24) is 0 Å². The van der Waals surface area contributed by atoms with Gasteiger partial charge in [0, 0.05) is 4.88 Å². The van der Waals surface area contributed by atoms with Gasteiger partial charge in [0.2, 0.25) is 0 Å². The number of hydrogen-bond donors (Lipinski definition) is 0. The summed E-state index contributed by atoms with van der Waals surface area (Å²) in [4.78, 5) is 0.950. The van der Waals surface area contributed by atoms with Crippen LogP contribution in [0.25, 0.3) is 0 Å². The predicted octanol–water partition coefficient (Wildman–Crippen LogP) is 4.07. The zero-order valence-electron chi connectivity index (χ0n) is 9.45. The van der Waals surface area contributed by atoms with Crippen LogP contribution < -0.4 is 0 Å². The summed E-state index contributed by atoms with van der Waals surface area (Å²) in [6.45, 7) is 1.99. The molecule has 1 fully saturated rings. The van der Waals surface area contributed by atoms with E-state index in [1.807, 2.05) is 13.0 Å². The van der Waals surface area contributed by atoms with Crippen LogP contribution in [-0.2, 0) is 9.84 Å². The predicted molar refractivity (Wildman–Crippen MR) is 76.8 cm³/mol. The number of halogens is 2. The van der Waals surface area contributed by atoms with E-state index in [9.17, 15) is 8.42 Å². The molecule has 2 nitrogen and oxygen atoms in total. The van der Waals surface area contributed by atoms with E-state index in [0.717, 1.165) is 27.1 Å². The topological polar surface area (TPSA) is 34.1 Å². The van der Waals surface area contributed by atoms with E-state index in [-0.39, 0.29) is 5.75 Å². The minimum absolute atomic E-state index is 0.284. The fourth-order valence-electron chi connectivity index (χ4n) is 2.11. The molecule has 96 valence electrons. The van der Waals surface area contributed by atoms with E-state index in [0.29, 0.717) is 6.42 Å². The maximum absolute atomic E-state index is 12.0. The van der Waals surface area contributed by atoms with E-state index in [1.54, 1.807) is 0 Å². The van der Waals surface area contributed by atoms with Gasteiger partial charge in [-0.05, 0) is 47.3 Å². The first-order valence-electron chi connectivity index (χ1n) is 5.53. The van der Waals surface area contributed by atoms with Gasteiger partial charge < -0.3 is 0 Å². The van der Waals surface area contributed by atoms with Crippen molar-refractivity contribution in [3.05, 3.63) is 20.3 Å². The van der Waals surface area contributed by atoms with Crippen molar-refractivity contribution in [2.75, 3.05) is 5.75 Å². The SMILES string of the molecule is Cc1cc(C(Cl)C2CCCCS2(=O)=O)sc1Br. The van der Waals surface area contributed by atoms with Crippen molar-refractivity contribution < 1.29 is 8.42 Å². The Balaban J connectivity index is 2.27. The molecule has 0 N–H and O–H groups in total. The van der Waals surface area contributed by atoms with E-state index in [2.05, 4.69) is 15.9 Å². The highest BCUT2D eigenvalue weighted by molar-refractivity contribution is 9.11. The van der Waals surface area contributed by atoms with Crippen LogP contribution in [0.4, 0.5) is 0 Å². The van der Waals surface area contributed by atoms with E-state index >= 15 is 0 Å². The Kier molecular flexibility index (Phi) is 4.23. The summed E-state index contributed by atoms with van der Waals surface area (Å²) in [7, 11) is -3.02. The Bertz CT molecular complexity index is 490. The van der Waals surface area contributed by atoms with Gasteiger partial charge in [-0.25, -0.2) is 8.42 Å². The quantitative estimate of drug-likeness (QED) is 0.748. The van der Waals surface area contributed by atoms with E-state index in [4.69, 9.17) is 11.6 Å². The molecule has 0 amide bonds. The first-order chi connectivity index (χ1) is 7.92. The lowest BCUT2D eigenvalue weighted by atomic mass is 10.1. The number of rotatable bonds is 2. The minimum Gasteiger partial charge on any atom is -0.228 e. The standard InChI is InChI=1S/C11H14BrClO2S2/c1-7-6-8(16-11(7)12)10(13)9-4-2-3-5-17(9,14)15/h6,9-10H,2-5H2,1H3. The highest BCUT2D eigenvalue weighted by atomic mass is 79.9. The van der Waals surface area contributed by atoms with Crippen molar-refractivity contribution in [2.24, 2.45) is 0 Å². The second kappa shape index (κ2) is 5.19. The molecule has 0 spiro atoms. The first kappa shape index (κ1) is 13.8. The summed E-state index contributed by atoms with van der Waals surface area (Å²) >= 11 is 11.3. The molecule has 1 aromatic heterocycles. The van der Waals surface area contributed by atoms with Crippen LogP contribution in [0.2, 0.25) is 0 Å². The molecule has 0 saturated carbocycles. The fraction of sp³-hybridized carbons (Fsp3) is 0.636. The molecule has 2 atom stereocenters. The van der Waals surface area contributed by atoms with E-state index in [1.165, 1.54) is 11.3 Å². The van der Waals surface area contributed by atoms with Crippen LogP contribution in [0.1, 0.15) is 35.1 Å². The molecule has 0 aliphatic carbocycles. The Labute approximate surface area is 119 Å². The molecule has 1 aliphatic heterocycles. The summed E-state index contributed by atoms with van der Waals surface area (Å²) in [5, 5.41) is -0.821. The maximum Gasteiger partial charge on any atom is 0.154 e. The maximum atomic E-state index is 12.0. The molecule has 17 heavy (non-hydrogen) atoms. The third-order valence-electron chi connectivity index (χ3n) is 3.10. The molecule has 0 bridgehead atoms. The largest absolute Gasteiger partial charge is 0.228 e. The average molecular weight is 358 g/mol. The normalized spacial score (nSPS) is 25.7. The van der Waals surface area contributed by atoms with Gasteiger partial charge in [0.15, 0.2) is 9.84 Å². The highest BCUT2D eigenvalue weighted by Gasteiger charge is 2.36. The molecule has 1 saturated heterocycles. The molecule has 2 heterocycles. The summed E-state index contributed by atoms with van der Waals surface area (Å²) in [6.07, 6.45) is 2.42. The third kappa shape index (κ3) is 2.88. The summed E-state index contributed by atoms with van der Waals surface area (Å²) in [6, 6.07) is 1.98. The van der Waals surface area contributed by atoms with Gasteiger partial charge in [-0.15, -0.1) is 22.9 Å². The smallest absolute Gasteiger partial charge is 0.154 e. The molecule has 2 rings (SSSR count). The van der Waals surface area contributed by atoms with Crippen molar-refractivity contribution in [2.45, 2.75) is 36.8 Å². The van der Waals surface area contributed by atoms with Crippen molar-refractivity contribution in [1.29, 1.82) is 0 Å². The van der Waals surface area contributed by atoms with Gasteiger partial charge in [-0.3, -0.25) is 0 Å². The summed E-state index contributed by atoms with van der Waals surface area (Å²) in [5.74, 6) is 0.284. The molecule has 0 aromatic carbocycles. The van der Waals surface area contributed by atoms with Gasteiger partial charge in [-0.1, -0.05) is 6.42 Å². The summed E-state index contributed by atoms with van der Waals surface area (Å²) in [5.41, 5.74) is 1.11. The van der Waals surface area contributed by atoms with Gasteiger partial charge in [-0.2, -0.15) is 0 Å². The van der Waals surface area contributed by atoms with Gasteiger partial charge >= 0.3 is 0 Å². The van der Waals surface area contributed by atoms with Crippen LogP contribution in [0.15, 0.2) is 9.85 Å². The number of alkyl halides is 1. The zero-order chi connectivity index (χ0) is 12.6. The number of hydrogen-bond acceptors (Lipinski definition) is 3. The minimum atomic E-state index is -3.02. The molecular formula is C11H14BrClO2S2. The lowest BCUT2D eigenvalue weighted by molar-refractivity contribution is 0.535. The van der Waals surface area contributed by atoms with Crippen LogP contribution in [0, 0.1) is 6.92 Å². The number of sulfone groups is 1. The highest BCUT2D eigenvalue weighted by Crippen LogP contribution is 2.40. The Morgan fingerprint density at radius 2 is 2.24 bits per heavy atom. The molecule has 0 radical (unpaired) electrons. The van der Waals surface area contributed by atoms with Crippen LogP contribution in [0.5, 0.6) is 0 Å². The van der Waals surface area contributed by atoms with Crippen molar-refractivity contribution >= 4 is 48.7 Å². The van der Waals surface area contributed by atoms with Crippen LogP contribution in [0.3, 0.4) is 0 Å². The van der Waals surface area contributed by atoms with Crippen molar-refractivity contribution in [3.8, 4) is 0 Å². The van der Waals surface area contributed by atoms with Crippen LogP contribution >= 0.6 is 38.9 Å². The van der Waals surface area contributed by atoms with Gasteiger partial charge in [0.1, 0.15) is 0 Å². The van der Waals surface area contributed by atoms with Crippen LogP contribution in [-0.4, -0.2) is 19.4 Å². The first-order valence-corrected chi connectivity index (χ1v) is 9.29. The Hall–Kier alpha value is 0.420. The Morgan fingerprint density at radius 3 is 2.76 bits per heavy atom. The average Bonchev–Trinajstić information content (AvgIpc) is 2.58. The number of thiophene rings is 1. The lowest BCUT2D eigenvalue weighted by Gasteiger charge is -2.25. The monoisotopic (exact) mass is 356 g/mol. The molecule has 1 aliphatic rings. The number of aryl methyl sites for hydroxylation is 1. The Morgan fingerprint density at radius 1 is 1.53 bits per heavy atom. The van der Waals surface area contributed by atoms with Crippen molar-refractivity contribution in [3.63, 3.8) is 0 Å². The second-order valence-corrected chi connectivity index (χ2v) is 9.62. The second-order valence-electron chi connectivity index (χ2n) is 4.41.